The molecule has 1 unspecified atom stereocenters. The van der Waals surface area contributed by atoms with Crippen molar-refractivity contribution >= 4 is 6.01 Å². The lowest BCUT2D eigenvalue weighted by Crippen LogP contribution is -2.32. The Balaban J connectivity index is 2.12. The van der Waals surface area contributed by atoms with Crippen molar-refractivity contribution in [1.29, 1.82) is 0 Å². The Morgan fingerprint density at radius 2 is 2.40 bits per heavy atom. The molecule has 4 nitrogen and oxygen atoms in total. The van der Waals surface area contributed by atoms with Crippen molar-refractivity contribution < 1.29 is 4.42 Å². The third-order valence-corrected chi connectivity index (χ3v) is 3.05. The van der Waals surface area contributed by atoms with E-state index < -0.39 is 0 Å². The predicted octanol–water partition coefficient (Wildman–Crippen LogP) is 1.90. The van der Waals surface area contributed by atoms with Crippen molar-refractivity contribution in [3.05, 3.63) is 12.0 Å². The van der Waals surface area contributed by atoms with Crippen LogP contribution in [0.5, 0.6) is 0 Å². The van der Waals surface area contributed by atoms with Gasteiger partial charge in [-0.1, -0.05) is 12.8 Å². The number of rotatable bonds is 2. The average Bonchev–Trinajstić information content (AvgIpc) is 2.62. The van der Waals surface area contributed by atoms with Gasteiger partial charge in [0, 0.05) is 19.1 Å². The van der Waals surface area contributed by atoms with Crippen molar-refractivity contribution in [2.24, 2.45) is 5.73 Å². The number of nitrogens with two attached hydrogens (primary N) is 1. The fourth-order valence-electron chi connectivity index (χ4n) is 2.08. The molecule has 0 spiro atoms. The monoisotopic (exact) mass is 209 g/mol. The fraction of sp³-hybridized carbons (Fsp3) is 0.727. The second-order valence-electron chi connectivity index (χ2n) is 4.22. The van der Waals surface area contributed by atoms with Crippen molar-refractivity contribution in [3.8, 4) is 0 Å². The summed E-state index contributed by atoms with van der Waals surface area (Å²) in [7, 11) is 0. The molecule has 4 heteroatoms. The molecule has 84 valence electrons. The van der Waals surface area contributed by atoms with E-state index in [0.717, 1.165) is 18.3 Å². The maximum atomic E-state index is 5.52. The fourth-order valence-corrected chi connectivity index (χ4v) is 2.08. The van der Waals surface area contributed by atoms with Crippen molar-refractivity contribution in [2.45, 2.75) is 45.2 Å². The first-order chi connectivity index (χ1) is 7.31. The first kappa shape index (κ1) is 10.5. The van der Waals surface area contributed by atoms with Crippen molar-refractivity contribution in [2.75, 3.05) is 11.4 Å². The minimum atomic E-state index is 0.450. The molecule has 0 aliphatic carbocycles. The van der Waals surface area contributed by atoms with E-state index in [1.54, 1.807) is 6.26 Å². The lowest BCUT2D eigenvalue weighted by atomic mass is 10.1. The molecule has 0 amide bonds. The number of nitrogens with zero attached hydrogens (tertiary/aromatic N) is 2. The molecule has 1 saturated heterocycles. The molecule has 2 N–H and O–H groups in total. The van der Waals surface area contributed by atoms with Gasteiger partial charge in [-0.05, 0) is 19.8 Å². The van der Waals surface area contributed by atoms with Gasteiger partial charge < -0.3 is 15.1 Å². The van der Waals surface area contributed by atoms with Gasteiger partial charge in [0.25, 0.3) is 6.01 Å². The average molecular weight is 209 g/mol. The molecule has 2 rings (SSSR count). The second kappa shape index (κ2) is 4.66. The van der Waals surface area contributed by atoms with Crippen LogP contribution in [-0.2, 0) is 6.54 Å². The molecule has 1 aromatic rings. The third kappa shape index (κ3) is 2.31. The number of anilines is 1. The molecule has 1 fully saturated rings. The van der Waals surface area contributed by atoms with E-state index in [4.69, 9.17) is 10.2 Å². The number of oxazole rings is 1. The lowest BCUT2D eigenvalue weighted by molar-refractivity contribution is 0.501. The predicted molar refractivity (Wildman–Crippen MR) is 59.7 cm³/mol. The summed E-state index contributed by atoms with van der Waals surface area (Å²) in [6.45, 7) is 3.73. The number of hydrogen-bond donors (Lipinski definition) is 1. The van der Waals surface area contributed by atoms with Crippen LogP contribution in [0.15, 0.2) is 10.7 Å². The van der Waals surface area contributed by atoms with E-state index in [-0.39, 0.29) is 0 Å². The third-order valence-electron chi connectivity index (χ3n) is 3.05. The van der Waals surface area contributed by atoms with Crippen LogP contribution in [-0.4, -0.2) is 17.6 Å². The normalized spacial score (nSPS) is 22.8. The molecule has 0 radical (unpaired) electrons. The van der Waals surface area contributed by atoms with E-state index in [1.165, 1.54) is 25.7 Å². The minimum Gasteiger partial charge on any atom is -0.432 e. The van der Waals surface area contributed by atoms with Crippen LogP contribution in [0.25, 0.3) is 0 Å². The largest absolute Gasteiger partial charge is 0.432 e. The molecule has 0 aromatic carbocycles. The standard InChI is InChI=1S/C11H19N3O/c1-9-5-3-2-4-6-14(9)11-13-10(7-12)8-15-11/h8-9H,2-7,12H2,1H3. The summed E-state index contributed by atoms with van der Waals surface area (Å²) >= 11 is 0. The summed E-state index contributed by atoms with van der Waals surface area (Å²) in [4.78, 5) is 6.63. The van der Waals surface area contributed by atoms with Crippen LogP contribution in [0, 0.1) is 0 Å². The van der Waals surface area contributed by atoms with Crippen LogP contribution in [0.1, 0.15) is 38.3 Å². The highest BCUT2D eigenvalue weighted by molar-refractivity contribution is 5.29. The first-order valence-corrected chi connectivity index (χ1v) is 5.72. The zero-order valence-electron chi connectivity index (χ0n) is 9.28. The van der Waals surface area contributed by atoms with Crippen molar-refractivity contribution in [3.63, 3.8) is 0 Å². The summed E-state index contributed by atoms with van der Waals surface area (Å²) in [5.74, 6) is 0. The molecule has 15 heavy (non-hydrogen) atoms. The first-order valence-electron chi connectivity index (χ1n) is 5.72. The Morgan fingerprint density at radius 1 is 1.53 bits per heavy atom. The Labute approximate surface area is 90.5 Å². The Bertz CT molecular complexity index is 311. The van der Waals surface area contributed by atoms with Gasteiger partial charge in [-0.2, -0.15) is 4.98 Å². The van der Waals surface area contributed by atoms with E-state index >= 15 is 0 Å². The SMILES string of the molecule is CC1CCCCCN1c1nc(CN)co1. The topological polar surface area (TPSA) is 55.3 Å². The van der Waals surface area contributed by atoms with Crippen molar-refractivity contribution in [1.82, 2.24) is 4.98 Å². The van der Waals surface area contributed by atoms with Gasteiger partial charge in [-0.25, -0.2) is 0 Å². The molecular weight excluding hydrogens is 190 g/mol. The zero-order valence-corrected chi connectivity index (χ0v) is 9.28. The second-order valence-corrected chi connectivity index (χ2v) is 4.22. The lowest BCUT2D eigenvalue weighted by Gasteiger charge is -2.24. The molecular formula is C11H19N3O. The van der Waals surface area contributed by atoms with E-state index in [9.17, 15) is 0 Å². The van der Waals surface area contributed by atoms with Crippen LogP contribution in [0.2, 0.25) is 0 Å². The highest BCUT2D eigenvalue weighted by Gasteiger charge is 2.20. The van der Waals surface area contributed by atoms with E-state index in [0.29, 0.717) is 12.6 Å². The maximum absolute atomic E-state index is 5.52. The molecule has 0 bridgehead atoms. The molecule has 2 heterocycles. The van der Waals surface area contributed by atoms with Gasteiger partial charge in [0.15, 0.2) is 0 Å². The molecule has 1 atom stereocenters. The zero-order chi connectivity index (χ0) is 10.7. The van der Waals surface area contributed by atoms with E-state index in [2.05, 4.69) is 16.8 Å². The maximum Gasteiger partial charge on any atom is 0.297 e. The van der Waals surface area contributed by atoms with Gasteiger partial charge >= 0.3 is 0 Å². The van der Waals surface area contributed by atoms with Crippen LogP contribution in [0.4, 0.5) is 6.01 Å². The summed E-state index contributed by atoms with van der Waals surface area (Å²) < 4.78 is 5.46. The van der Waals surface area contributed by atoms with Gasteiger partial charge in [-0.3, -0.25) is 0 Å². The minimum absolute atomic E-state index is 0.450. The number of hydrogen-bond acceptors (Lipinski definition) is 4. The smallest absolute Gasteiger partial charge is 0.297 e. The Kier molecular flexibility index (Phi) is 3.26. The molecule has 0 saturated carbocycles. The molecule has 1 aliphatic heterocycles. The summed E-state index contributed by atoms with van der Waals surface area (Å²) in [5.41, 5.74) is 6.35. The highest BCUT2D eigenvalue weighted by atomic mass is 16.4. The molecule has 1 aromatic heterocycles. The summed E-state index contributed by atoms with van der Waals surface area (Å²) in [6.07, 6.45) is 6.73. The van der Waals surface area contributed by atoms with Crippen LogP contribution >= 0.6 is 0 Å². The van der Waals surface area contributed by atoms with Gasteiger partial charge in [0.05, 0.1) is 5.69 Å². The van der Waals surface area contributed by atoms with Crippen LogP contribution < -0.4 is 10.6 Å². The van der Waals surface area contributed by atoms with Gasteiger partial charge in [0.1, 0.15) is 6.26 Å². The Morgan fingerprint density at radius 3 is 3.13 bits per heavy atom. The van der Waals surface area contributed by atoms with Crippen LogP contribution in [0.3, 0.4) is 0 Å². The highest BCUT2D eigenvalue weighted by Crippen LogP contribution is 2.23. The quantitative estimate of drug-likeness (QED) is 0.808. The molecule has 1 aliphatic rings. The summed E-state index contributed by atoms with van der Waals surface area (Å²) in [5, 5.41) is 0. The van der Waals surface area contributed by atoms with E-state index in [1.807, 2.05) is 0 Å². The van der Waals surface area contributed by atoms with Gasteiger partial charge in [0.2, 0.25) is 0 Å². The summed E-state index contributed by atoms with van der Waals surface area (Å²) in [6, 6.07) is 1.27. The Hall–Kier alpha value is -1.03. The van der Waals surface area contributed by atoms with Gasteiger partial charge in [-0.15, -0.1) is 0 Å². The number of aromatic nitrogens is 1.